The number of phenols is 1. The lowest BCUT2D eigenvalue weighted by Gasteiger charge is -2.02. The molecule has 0 fully saturated rings. The van der Waals surface area contributed by atoms with Crippen LogP contribution in [0.3, 0.4) is 0 Å². The van der Waals surface area contributed by atoms with E-state index in [1.54, 1.807) is 18.3 Å². The maximum atomic E-state index is 9.26. The quantitative estimate of drug-likeness (QED) is 0.713. The average molecular weight is 245 g/mol. The van der Waals surface area contributed by atoms with Gasteiger partial charge in [0, 0.05) is 11.8 Å². The summed E-state index contributed by atoms with van der Waals surface area (Å²) < 4.78 is 1.93. The van der Waals surface area contributed by atoms with Crippen LogP contribution in [0.15, 0.2) is 48.8 Å². The van der Waals surface area contributed by atoms with E-state index in [-0.39, 0.29) is 5.75 Å². The van der Waals surface area contributed by atoms with Crippen LogP contribution < -0.4 is 0 Å². The van der Waals surface area contributed by atoms with Crippen molar-refractivity contribution in [2.75, 3.05) is 0 Å². The molecule has 4 heteroatoms. The highest BCUT2D eigenvalue weighted by Crippen LogP contribution is 2.23. The van der Waals surface area contributed by atoms with Gasteiger partial charge < -0.3 is 5.11 Å². The topological polar surface area (TPSA) is 37.5 Å². The molecule has 84 valence electrons. The Morgan fingerprint density at radius 3 is 2.59 bits per heavy atom. The lowest BCUT2D eigenvalue weighted by molar-refractivity contribution is 0.475. The zero-order chi connectivity index (χ0) is 11.8. The number of benzene rings is 1. The van der Waals surface area contributed by atoms with Crippen molar-refractivity contribution in [2.45, 2.75) is 0 Å². The number of phenolic OH excluding ortho intramolecular Hbond substituents is 1. The molecule has 0 saturated carbocycles. The van der Waals surface area contributed by atoms with E-state index < -0.39 is 0 Å². The fraction of sp³-hybridized carbons (Fsp3) is 0. The average Bonchev–Trinajstić information content (AvgIpc) is 2.73. The summed E-state index contributed by atoms with van der Waals surface area (Å²) in [5.41, 5.74) is 1.92. The van der Waals surface area contributed by atoms with Crippen molar-refractivity contribution in [2.24, 2.45) is 0 Å². The summed E-state index contributed by atoms with van der Waals surface area (Å²) in [7, 11) is 0. The smallest absolute Gasteiger partial charge is 0.144 e. The molecule has 17 heavy (non-hydrogen) atoms. The number of aromatic nitrogens is 2. The molecule has 0 aliphatic heterocycles. The Hall–Kier alpha value is -2.00. The second-order valence-electron chi connectivity index (χ2n) is 3.77. The fourth-order valence-corrected chi connectivity index (χ4v) is 1.95. The number of halogens is 1. The SMILES string of the molecule is Oc1ccc(-c2ncc3ccc(Cl)cn23)cc1. The molecule has 0 spiro atoms. The van der Waals surface area contributed by atoms with Gasteiger partial charge in [0.15, 0.2) is 0 Å². The van der Waals surface area contributed by atoms with Crippen molar-refractivity contribution in [3.8, 4) is 17.1 Å². The number of pyridine rings is 1. The van der Waals surface area contributed by atoms with Crippen LogP contribution in [0.2, 0.25) is 5.02 Å². The number of imidazole rings is 1. The van der Waals surface area contributed by atoms with Crippen molar-refractivity contribution in [3.63, 3.8) is 0 Å². The van der Waals surface area contributed by atoms with Crippen molar-refractivity contribution in [1.29, 1.82) is 0 Å². The number of hydrogen-bond acceptors (Lipinski definition) is 2. The minimum absolute atomic E-state index is 0.243. The highest BCUT2D eigenvalue weighted by molar-refractivity contribution is 6.30. The minimum atomic E-state index is 0.243. The number of fused-ring (bicyclic) bond motifs is 1. The summed E-state index contributed by atoms with van der Waals surface area (Å²) in [6, 6.07) is 10.7. The zero-order valence-electron chi connectivity index (χ0n) is 8.84. The lowest BCUT2D eigenvalue weighted by atomic mass is 10.2. The molecule has 3 nitrogen and oxygen atoms in total. The van der Waals surface area contributed by atoms with Crippen LogP contribution in [0.25, 0.3) is 16.9 Å². The molecule has 2 heterocycles. The van der Waals surface area contributed by atoms with Crippen molar-refractivity contribution < 1.29 is 5.11 Å². The number of rotatable bonds is 1. The van der Waals surface area contributed by atoms with Gasteiger partial charge in [-0.25, -0.2) is 4.98 Å². The van der Waals surface area contributed by atoms with Gasteiger partial charge in [0.2, 0.25) is 0 Å². The Labute approximate surface area is 103 Å². The fourth-order valence-electron chi connectivity index (χ4n) is 1.79. The Morgan fingerprint density at radius 1 is 1.06 bits per heavy atom. The Morgan fingerprint density at radius 2 is 1.82 bits per heavy atom. The van der Waals surface area contributed by atoms with Crippen LogP contribution in [-0.4, -0.2) is 14.5 Å². The van der Waals surface area contributed by atoms with E-state index in [1.165, 1.54) is 0 Å². The van der Waals surface area contributed by atoms with E-state index in [0.29, 0.717) is 5.02 Å². The zero-order valence-corrected chi connectivity index (χ0v) is 9.59. The van der Waals surface area contributed by atoms with Gasteiger partial charge in [-0.1, -0.05) is 11.6 Å². The van der Waals surface area contributed by atoms with Gasteiger partial charge in [0.25, 0.3) is 0 Å². The molecular weight excluding hydrogens is 236 g/mol. The third-order valence-electron chi connectivity index (χ3n) is 2.62. The standard InChI is InChI=1S/C13H9ClN2O/c14-10-3-4-11-7-15-13(16(11)8-10)9-1-5-12(17)6-2-9/h1-8,17H. The van der Waals surface area contributed by atoms with Gasteiger partial charge in [-0.3, -0.25) is 4.40 Å². The van der Waals surface area contributed by atoms with Gasteiger partial charge in [-0.2, -0.15) is 0 Å². The van der Waals surface area contributed by atoms with Crippen LogP contribution in [0.1, 0.15) is 0 Å². The third kappa shape index (κ3) is 1.74. The maximum Gasteiger partial charge on any atom is 0.144 e. The van der Waals surface area contributed by atoms with E-state index in [0.717, 1.165) is 16.9 Å². The maximum absolute atomic E-state index is 9.26. The largest absolute Gasteiger partial charge is 0.508 e. The Bertz CT molecular complexity index is 673. The molecule has 0 bridgehead atoms. The molecule has 0 aliphatic rings. The molecule has 3 aromatic rings. The monoisotopic (exact) mass is 244 g/mol. The molecule has 3 rings (SSSR count). The summed E-state index contributed by atoms with van der Waals surface area (Å²) >= 11 is 5.97. The molecule has 0 atom stereocenters. The molecule has 0 saturated heterocycles. The second kappa shape index (κ2) is 3.79. The summed E-state index contributed by atoms with van der Waals surface area (Å²) in [5, 5.41) is 9.93. The number of hydrogen-bond donors (Lipinski definition) is 1. The summed E-state index contributed by atoms with van der Waals surface area (Å²) in [5.74, 6) is 1.05. The number of aromatic hydroxyl groups is 1. The Balaban J connectivity index is 2.23. The van der Waals surface area contributed by atoms with Gasteiger partial charge in [-0.15, -0.1) is 0 Å². The highest BCUT2D eigenvalue weighted by atomic mass is 35.5. The first kappa shape index (κ1) is 10.2. The highest BCUT2D eigenvalue weighted by Gasteiger charge is 2.06. The van der Waals surface area contributed by atoms with E-state index in [9.17, 15) is 5.11 Å². The molecule has 2 aromatic heterocycles. The third-order valence-corrected chi connectivity index (χ3v) is 2.84. The van der Waals surface area contributed by atoms with Crippen LogP contribution >= 0.6 is 11.6 Å². The minimum Gasteiger partial charge on any atom is -0.508 e. The van der Waals surface area contributed by atoms with E-state index in [4.69, 9.17) is 11.6 Å². The van der Waals surface area contributed by atoms with Gasteiger partial charge >= 0.3 is 0 Å². The lowest BCUT2D eigenvalue weighted by Crippen LogP contribution is -1.88. The van der Waals surface area contributed by atoms with Crippen molar-refractivity contribution in [3.05, 3.63) is 53.8 Å². The van der Waals surface area contributed by atoms with E-state index in [1.807, 2.05) is 34.9 Å². The second-order valence-corrected chi connectivity index (χ2v) is 4.21. The predicted octanol–water partition coefficient (Wildman–Crippen LogP) is 3.36. The predicted molar refractivity (Wildman–Crippen MR) is 67.3 cm³/mol. The van der Waals surface area contributed by atoms with E-state index >= 15 is 0 Å². The number of nitrogens with zero attached hydrogens (tertiary/aromatic N) is 2. The summed E-state index contributed by atoms with van der Waals surface area (Å²) in [6.45, 7) is 0. The van der Waals surface area contributed by atoms with Gasteiger partial charge in [-0.05, 0) is 36.4 Å². The van der Waals surface area contributed by atoms with Gasteiger partial charge in [0.1, 0.15) is 11.6 Å². The summed E-state index contributed by atoms with van der Waals surface area (Å²) in [4.78, 5) is 4.36. The normalized spacial score (nSPS) is 10.9. The van der Waals surface area contributed by atoms with Crippen LogP contribution in [0.4, 0.5) is 0 Å². The van der Waals surface area contributed by atoms with Gasteiger partial charge in [0.05, 0.1) is 16.7 Å². The molecule has 0 aliphatic carbocycles. The molecule has 0 radical (unpaired) electrons. The molecule has 0 unspecified atom stereocenters. The summed E-state index contributed by atoms with van der Waals surface area (Å²) in [6.07, 6.45) is 3.62. The first-order valence-electron chi connectivity index (χ1n) is 5.16. The van der Waals surface area contributed by atoms with Crippen LogP contribution in [0.5, 0.6) is 5.75 Å². The molecule has 0 amide bonds. The van der Waals surface area contributed by atoms with Crippen LogP contribution in [-0.2, 0) is 0 Å². The first-order valence-corrected chi connectivity index (χ1v) is 5.54. The molecule has 1 aromatic carbocycles. The Kier molecular flexibility index (Phi) is 2.27. The molecule has 1 N–H and O–H groups in total. The molecular formula is C13H9ClN2O. The van der Waals surface area contributed by atoms with Crippen molar-refractivity contribution >= 4 is 17.1 Å². The van der Waals surface area contributed by atoms with Crippen LogP contribution in [0, 0.1) is 0 Å². The first-order chi connectivity index (χ1) is 8.24. The van der Waals surface area contributed by atoms with E-state index in [2.05, 4.69) is 4.98 Å². The van der Waals surface area contributed by atoms with Crippen molar-refractivity contribution in [1.82, 2.24) is 9.38 Å².